The quantitative estimate of drug-likeness (QED) is 0.399. The number of halogens is 4. The molecule has 3 aromatic rings. The van der Waals surface area contributed by atoms with Gasteiger partial charge in [-0.2, -0.15) is 0 Å². The van der Waals surface area contributed by atoms with Crippen molar-refractivity contribution in [3.05, 3.63) is 88.4 Å². The second-order valence-electron chi connectivity index (χ2n) is 6.83. The summed E-state index contributed by atoms with van der Waals surface area (Å²) in [5.74, 6) is -0.223. The zero-order chi connectivity index (χ0) is 20.4. The summed E-state index contributed by atoms with van der Waals surface area (Å²) >= 11 is 3.45. The van der Waals surface area contributed by atoms with Crippen LogP contribution in [0.3, 0.4) is 0 Å². The predicted molar refractivity (Wildman–Crippen MR) is 111 cm³/mol. The van der Waals surface area contributed by atoms with Crippen LogP contribution in [0.25, 0.3) is 11.1 Å². The van der Waals surface area contributed by atoms with Crippen LogP contribution in [0.4, 0.5) is 13.2 Å². The Morgan fingerprint density at radius 3 is 1.93 bits per heavy atom. The lowest BCUT2D eigenvalue weighted by Crippen LogP contribution is -2.16. The number of ether oxygens (including phenoxy) is 1. The molecule has 0 fully saturated rings. The van der Waals surface area contributed by atoms with E-state index in [1.54, 1.807) is 12.1 Å². The molecule has 0 saturated carbocycles. The largest absolute Gasteiger partial charge is 0.573 e. The van der Waals surface area contributed by atoms with Gasteiger partial charge in [0.15, 0.2) is 0 Å². The van der Waals surface area contributed by atoms with Gasteiger partial charge in [0.1, 0.15) is 5.75 Å². The Labute approximate surface area is 175 Å². The molecule has 0 bridgehead atoms. The first-order chi connectivity index (χ1) is 13.9. The van der Waals surface area contributed by atoms with E-state index in [0.29, 0.717) is 0 Å². The second-order valence-corrected chi connectivity index (χ2v) is 7.75. The van der Waals surface area contributed by atoms with E-state index in [1.807, 2.05) is 36.4 Å². The summed E-state index contributed by atoms with van der Waals surface area (Å²) in [6.07, 6.45) is -2.77. The molecule has 0 aromatic heterocycles. The Hall–Kier alpha value is -2.60. The van der Waals surface area contributed by atoms with Crippen molar-refractivity contribution < 1.29 is 17.9 Å². The van der Waals surface area contributed by atoms with Gasteiger partial charge in [-0.1, -0.05) is 64.5 Å². The first-order valence-corrected chi connectivity index (χ1v) is 9.95. The van der Waals surface area contributed by atoms with Crippen LogP contribution in [0.15, 0.2) is 82.3 Å². The molecule has 4 rings (SSSR count). The van der Waals surface area contributed by atoms with Crippen molar-refractivity contribution in [3.8, 4) is 16.9 Å². The first-order valence-electron chi connectivity index (χ1n) is 9.16. The van der Waals surface area contributed by atoms with E-state index < -0.39 is 6.36 Å². The third kappa shape index (κ3) is 4.88. The molecule has 2 nitrogen and oxygen atoms in total. The van der Waals surface area contributed by atoms with E-state index in [1.165, 1.54) is 12.1 Å². The minimum absolute atomic E-state index is 0.130. The predicted octanol–water partition coefficient (Wildman–Crippen LogP) is 7.34. The third-order valence-corrected chi connectivity index (χ3v) is 5.39. The van der Waals surface area contributed by atoms with Crippen LogP contribution in [-0.2, 0) is 0 Å². The minimum Gasteiger partial charge on any atom is -0.406 e. The number of aliphatic imine (C=N–C) groups is 1. The zero-order valence-electron chi connectivity index (χ0n) is 15.3. The summed E-state index contributed by atoms with van der Waals surface area (Å²) in [4.78, 5) is 4.88. The van der Waals surface area contributed by atoms with E-state index in [-0.39, 0.29) is 11.8 Å². The topological polar surface area (TPSA) is 21.6 Å². The summed E-state index contributed by atoms with van der Waals surface area (Å²) < 4.78 is 41.8. The summed E-state index contributed by atoms with van der Waals surface area (Å²) in [6, 6.07) is 22.2. The molecular formula is C23H17BrF3NO. The van der Waals surface area contributed by atoms with Crippen molar-refractivity contribution in [1.82, 2.24) is 0 Å². The maximum Gasteiger partial charge on any atom is 0.573 e. The Bertz CT molecular complexity index is 1010. The number of alkyl halides is 3. The Balaban J connectivity index is 1.47. The number of nitrogens with zero attached hydrogens (tertiary/aromatic N) is 1. The SMILES string of the molecule is FC(F)(F)Oc1ccc(-c2ccc(C3CCC(c4ccc(Br)cc4)=N3)cc2)cc1. The smallest absolute Gasteiger partial charge is 0.406 e. The zero-order valence-corrected chi connectivity index (χ0v) is 16.9. The van der Waals surface area contributed by atoms with Crippen molar-refractivity contribution in [2.75, 3.05) is 0 Å². The van der Waals surface area contributed by atoms with E-state index >= 15 is 0 Å². The molecule has 0 amide bonds. The van der Waals surface area contributed by atoms with Crippen molar-refractivity contribution in [1.29, 1.82) is 0 Å². The van der Waals surface area contributed by atoms with Gasteiger partial charge in [-0.15, -0.1) is 13.2 Å². The molecule has 0 N–H and O–H groups in total. The van der Waals surface area contributed by atoms with E-state index in [4.69, 9.17) is 4.99 Å². The third-order valence-electron chi connectivity index (χ3n) is 4.86. The van der Waals surface area contributed by atoms with E-state index in [9.17, 15) is 13.2 Å². The molecule has 3 aromatic carbocycles. The molecule has 1 heterocycles. The average Bonchev–Trinajstić information content (AvgIpc) is 3.18. The van der Waals surface area contributed by atoms with Crippen molar-refractivity contribution >= 4 is 21.6 Å². The minimum atomic E-state index is -4.68. The van der Waals surface area contributed by atoms with E-state index in [2.05, 4.69) is 32.8 Å². The standard InChI is InChI=1S/C23H17BrF3NO/c24-19-9-5-18(6-10-19)22-14-13-21(28-22)17-3-1-15(2-4-17)16-7-11-20(12-8-16)29-23(25,26)27/h1-12,21H,13-14H2. The fourth-order valence-electron chi connectivity index (χ4n) is 3.44. The maximum absolute atomic E-state index is 12.3. The molecule has 1 aliphatic heterocycles. The average molecular weight is 460 g/mol. The lowest BCUT2D eigenvalue weighted by Gasteiger charge is -2.10. The second kappa shape index (κ2) is 8.03. The maximum atomic E-state index is 12.3. The fraction of sp³-hybridized carbons (Fsp3) is 0.174. The Morgan fingerprint density at radius 2 is 1.34 bits per heavy atom. The van der Waals surface area contributed by atoms with Crippen molar-refractivity contribution in [2.45, 2.75) is 25.2 Å². The van der Waals surface area contributed by atoms with Gasteiger partial charge < -0.3 is 4.74 Å². The van der Waals surface area contributed by atoms with Crippen LogP contribution in [0.2, 0.25) is 0 Å². The van der Waals surface area contributed by atoms with Gasteiger partial charge >= 0.3 is 6.36 Å². The van der Waals surface area contributed by atoms with Gasteiger partial charge in [0.25, 0.3) is 0 Å². The Kier molecular flexibility index (Phi) is 5.46. The van der Waals surface area contributed by atoms with Crippen LogP contribution in [0.1, 0.15) is 30.0 Å². The van der Waals surface area contributed by atoms with Gasteiger partial charge in [-0.3, -0.25) is 4.99 Å². The number of hydrogen-bond acceptors (Lipinski definition) is 2. The van der Waals surface area contributed by atoms with Crippen LogP contribution < -0.4 is 4.74 Å². The summed E-state index contributed by atoms with van der Waals surface area (Å²) in [5.41, 5.74) is 5.16. The highest BCUT2D eigenvalue weighted by molar-refractivity contribution is 9.10. The lowest BCUT2D eigenvalue weighted by atomic mass is 9.99. The van der Waals surface area contributed by atoms with Gasteiger partial charge in [0.2, 0.25) is 0 Å². The van der Waals surface area contributed by atoms with E-state index in [0.717, 1.165) is 45.3 Å². The summed E-state index contributed by atoms with van der Waals surface area (Å²) in [7, 11) is 0. The van der Waals surface area contributed by atoms with Gasteiger partial charge in [-0.25, -0.2) is 0 Å². The summed E-state index contributed by atoms with van der Waals surface area (Å²) in [6.45, 7) is 0. The normalized spacial score (nSPS) is 16.6. The molecule has 1 atom stereocenters. The van der Waals surface area contributed by atoms with Crippen LogP contribution in [0, 0.1) is 0 Å². The highest BCUT2D eigenvalue weighted by atomic mass is 79.9. The van der Waals surface area contributed by atoms with Crippen LogP contribution in [0.5, 0.6) is 5.75 Å². The van der Waals surface area contributed by atoms with Crippen LogP contribution >= 0.6 is 15.9 Å². The molecule has 0 saturated heterocycles. The highest BCUT2D eigenvalue weighted by Crippen LogP contribution is 2.33. The summed E-state index contributed by atoms with van der Waals surface area (Å²) in [5, 5.41) is 0. The number of benzene rings is 3. The molecule has 1 unspecified atom stereocenters. The fourth-order valence-corrected chi connectivity index (χ4v) is 3.70. The molecule has 0 radical (unpaired) electrons. The first kappa shape index (κ1) is 19.7. The van der Waals surface area contributed by atoms with Gasteiger partial charge in [0, 0.05) is 10.2 Å². The molecule has 1 aliphatic rings. The number of hydrogen-bond donors (Lipinski definition) is 0. The number of rotatable bonds is 4. The van der Waals surface area contributed by atoms with Gasteiger partial charge in [0.05, 0.1) is 6.04 Å². The van der Waals surface area contributed by atoms with Crippen molar-refractivity contribution in [3.63, 3.8) is 0 Å². The monoisotopic (exact) mass is 459 g/mol. The molecule has 0 spiro atoms. The molecule has 148 valence electrons. The van der Waals surface area contributed by atoms with Gasteiger partial charge in [-0.05, 0) is 59.4 Å². The lowest BCUT2D eigenvalue weighted by molar-refractivity contribution is -0.274. The Morgan fingerprint density at radius 1 is 0.793 bits per heavy atom. The molecule has 0 aliphatic carbocycles. The molecule has 29 heavy (non-hydrogen) atoms. The van der Waals surface area contributed by atoms with Crippen molar-refractivity contribution in [2.24, 2.45) is 4.99 Å². The highest BCUT2D eigenvalue weighted by Gasteiger charge is 2.31. The van der Waals surface area contributed by atoms with Crippen LogP contribution in [-0.4, -0.2) is 12.1 Å². The molecular weight excluding hydrogens is 443 g/mol. The molecule has 6 heteroatoms.